The van der Waals surface area contributed by atoms with Crippen molar-refractivity contribution < 1.29 is 13.6 Å². The molecule has 298 valence electrons. The van der Waals surface area contributed by atoms with E-state index in [2.05, 4.69) is 177 Å². The van der Waals surface area contributed by atoms with Crippen molar-refractivity contribution in [2.75, 3.05) is 13.2 Å². The topological polar surface area (TPSA) is 92.4 Å². The van der Waals surface area contributed by atoms with Crippen LogP contribution in [-0.2, 0) is 13.6 Å². The number of fused-ring (bicyclic) bond motifs is 8. The van der Waals surface area contributed by atoms with Crippen molar-refractivity contribution in [1.29, 1.82) is 0 Å². The van der Waals surface area contributed by atoms with Crippen molar-refractivity contribution in [3.8, 4) is 44.5 Å². The molecule has 2 N–H and O–H groups in total. The second-order valence-electron chi connectivity index (χ2n) is 15.5. The van der Waals surface area contributed by atoms with E-state index in [4.69, 9.17) is 19.0 Å². The van der Waals surface area contributed by atoms with E-state index >= 15 is 4.57 Å². The van der Waals surface area contributed by atoms with Gasteiger partial charge in [-0.3, -0.25) is 4.57 Å². The fourth-order valence-corrected chi connectivity index (χ4v) is 9.80. The Balaban J connectivity index is 1.52. The molecular formula is C52H47N4O3P. The van der Waals surface area contributed by atoms with Gasteiger partial charge in [-0.1, -0.05) is 119 Å². The van der Waals surface area contributed by atoms with Crippen LogP contribution in [0.5, 0.6) is 0 Å². The number of aliphatic imine (C=N–C) groups is 1. The Bertz CT molecular complexity index is 3040. The Morgan fingerprint density at radius 1 is 0.483 bits per heavy atom. The van der Waals surface area contributed by atoms with Crippen LogP contribution in [0.25, 0.3) is 78.7 Å². The molecule has 5 heterocycles. The van der Waals surface area contributed by atoms with Crippen LogP contribution in [0.3, 0.4) is 0 Å². The number of aromatic amines is 2. The van der Waals surface area contributed by atoms with E-state index in [9.17, 15) is 0 Å². The number of benzene rings is 4. The Morgan fingerprint density at radius 2 is 0.833 bits per heavy atom. The quantitative estimate of drug-likeness (QED) is 0.142. The predicted molar refractivity (Wildman–Crippen MR) is 250 cm³/mol. The van der Waals surface area contributed by atoms with Crippen LogP contribution < -0.4 is 0 Å². The molecule has 0 atom stereocenters. The lowest BCUT2D eigenvalue weighted by Crippen LogP contribution is -2.08. The molecule has 0 saturated carbocycles. The maximum atomic E-state index is 15.2. The fraction of sp³-hybridized carbons (Fsp3) is 0.154. The number of nitrogens with zero attached hydrogens (tertiary/aromatic N) is 2. The van der Waals surface area contributed by atoms with Crippen molar-refractivity contribution >= 4 is 53.0 Å². The highest BCUT2D eigenvalue weighted by Crippen LogP contribution is 2.56. The molecule has 0 saturated heterocycles. The first-order chi connectivity index (χ1) is 29.1. The number of aromatic nitrogens is 3. The minimum Gasteiger partial charge on any atom is -0.354 e. The monoisotopic (exact) mass is 806 g/mol. The SMILES string of the molecule is CCOP(=O)(OCC)C1=Nc2cc1c(-c1ccc(C)cc1)c1ccc([nH]1)c(-c1ccc(C)cc1)c1nc(c(-c3ccc(C)cc3)c3ccc([nH]3)c2-c2ccc(C)cc2)C=C1. The molecule has 0 radical (unpaired) electrons. The minimum absolute atomic E-state index is 0.181. The van der Waals surface area contributed by atoms with Gasteiger partial charge in [0.05, 0.1) is 30.3 Å². The highest BCUT2D eigenvalue weighted by molar-refractivity contribution is 7.73. The van der Waals surface area contributed by atoms with Gasteiger partial charge in [-0.15, -0.1) is 0 Å². The van der Waals surface area contributed by atoms with Crippen LogP contribution >= 0.6 is 7.60 Å². The summed E-state index contributed by atoms with van der Waals surface area (Å²) in [7, 11) is -3.96. The minimum atomic E-state index is -3.96. The molecule has 9 rings (SSSR count). The van der Waals surface area contributed by atoms with Gasteiger partial charge in [0, 0.05) is 49.9 Å². The van der Waals surface area contributed by atoms with Gasteiger partial charge in [-0.2, -0.15) is 0 Å². The van der Waals surface area contributed by atoms with Gasteiger partial charge in [0.25, 0.3) is 0 Å². The largest absolute Gasteiger partial charge is 0.380 e. The molecule has 7 nitrogen and oxygen atoms in total. The summed E-state index contributed by atoms with van der Waals surface area (Å²) in [6.07, 6.45) is 4.23. The zero-order chi connectivity index (χ0) is 41.5. The molecule has 8 heteroatoms. The number of hydrogen-bond donors (Lipinski definition) is 2. The number of H-pyrrole nitrogens is 2. The Hall–Kier alpha value is -6.37. The van der Waals surface area contributed by atoms with E-state index in [-0.39, 0.29) is 18.7 Å². The molecule has 2 aliphatic rings. The summed E-state index contributed by atoms with van der Waals surface area (Å²) in [5.41, 5.74) is 18.9. The Labute approximate surface area is 351 Å². The first kappa shape index (κ1) is 39.1. The number of aryl methyl sites for hydroxylation is 4. The molecule has 7 aromatic rings. The van der Waals surface area contributed by atoms with Crippen molar-refractivity contribution in [2.45, 2.75) is 41.5 Å². The van der Waals surface area contributed by atoms with Crippen molar-refractivity contribution in [1.82, 2.24) is 15.0 Å². The molecular weight excluding hydrogens is 760 g/mol. The summed E-state index contributed by atoms with van der Waals surface area (Å²) < 4.78 is 27.4. The van der Waals surface area contributed by atoms with Gasteiger partial charge in [0.1, 0.15) is 0 Å². The lowest BCUT2D eigenvalue weighted by molar-refractivity contribution is 0.232. The summed E-state index contributed by atoms with van der Waals surface area (Å²) in [5, 5.41) is 0. The van der Waals surface area contributed by atoms with Gasteiger partial charge in [0.15, 0.2) is 5.45 Å². The lowest BCUT2D eigenvalue weighted by Gasteiger charge is -2.19. The van der Waals surface area contributed by atoms with Crippen molar-refractivity contribution in [2.24, 2.45) is 4.99 Å². The molecule has 3 aromatic heterocycles. The maximum absolute atomic E-state index is 15.2. The third-order valence-corrected chi connectivity index (χ3v) is 13.1. The number of hydrogen-bond acceptors (Lipinski definition) is 5. The first-order valence-corrected chi connectivity index (χ1v) is 22.0. The Kier molecular flexibility index (Phi) is 10.4. The summed E-state index contributed by atoms with van der Waals surface area (Å²) in [4.78, 5) is 18.4. The molecule has 60 heavy (non-hydrogen) atoms. The maximum Gasteiger partial charge on any atom is 0.380 e. The van der Waals surface area contributed by atoms with Crippen LogP contribution in [0.4, 0.5) is 5.69 Å². The van der Waals surface area contributed by atoms with E-state index in [0.29, 0.717) is 11.3 Å². The highest BCUT2D eigenvalue weighted by atomic mass is 31.2. The Morgan fingerprint density at radius 3 is 1.23 bits per heavy atom. The number of rotatable bonds is 9. The standard InChI is InChI=1S/C52H47N4O3P/c1-7-58-60(57,59-8-2)52-40-31-47(56-52)51(39-23-15-35(6)16-24-39)46-30-29-45(55-46)50(38-21-13-34(5)14-22-38)44-28-27-43(54-44)49(37-19-11-33(4)12-20-37)42-26-25-41(53-42)48(40)36-17-9-32(3)10-18-36/h9-31,53,55H,7-8H2,1-6H3. The van der Waals surface area contributed by atoms with Crippen molar-refractivity contribution in [3.63, 3.8) is 0 Å². The smallest absolute Gasteiger partial charge is 0.354 e. The van der Waals surface area contributed by atoms with Crippen LogP contribution in [0, 0.1) is 27.7 Å². The third-order valence-electron chi connectivity index (χ3n) is 11.1. The zero-order valence-electron chi connectivity index (χ0n) is 34.8. The molecule has 0 spiro atoms. The summed E-state index contributed by atoms with van der Waals surface area (Å²) >= 11 is 0. The zero-order valence-corrected chi connectivity index (χ0v) is 35.7. The predicted octanol–water partition coefficient (Wildman–Crippen LogP) is 14.3. The van der Waals surface area contributed by atoms with Crippen LogP contribution in [-0.4, -0.2) is 33.6 Å². The van der Waals surface area contributed by atoms with Crippen LogP contribution in [0.15, 0.2) is 132 Å². The summed E-state index contributed by atoms with van der Waals surface area (Å²) in [6, 6.07) is 44.5. The summed E-state index contributed by atoms with van der Waals surface area (Å²) in [6.45, 7) is 12.4. The molecule has 0 amide bonds. The molecule has 8 bridgehead atoms. The van der Waals surface area contributed by atoms with E-state index in [0.717, 1.165) is 89.1 Å². The van der Waals surface area contributed by atoms with Gasteiger partial charge in [0.2, 0.25) is 0 Å². The van der Waals surface area contributed by atoms with E-state index in [1.54, 1.807) is 0 Å². The highest BCUT2D eigenvalue weighted by Gasteiger charge is 2.37. The molecule has 0 unspecified atom stereocenters. The van der Waals surface area contributed by atoms with Gasteiger partial charge in [-0.25, -0.2) is 9.98 Å². The van der Waals surface area contributed by atoms with E-state index in [1.165, 1.54) is 11.1 Å². The molecule has 0 aliphatic carbocycles. The van der Waals surface area contributed by atoms with Gasteiger partial charge < -0.3 is 19.0 Å². The average molecular weight is 807 g/mol. The second kappa shape index (κ2) is 16.0. The number of nitrogens with one attached hydrogen (secondary N) is 2. The molecule has 4 aromatic carbocycles. The third kappa shape index (κ3) is 7.30. The summed E-state index contributed by atoms with van der Waals surface area (Å²) in [5.74, 6) is 0. The van der Waals surface area contributed by atoms with Crippen LogP contribution in [0.1, 0.15) is 53.1 Å². The lowest BCUT2D eigenvalue weighted by atomic mass is 9.99. The second-order valence-corrected chi connectivity index (χ2v) is 17.4. The van der Waals surface area contributed by atoms with Crippen LogP contribution in [0.2, 0.25) is 0 Å². The van der Waals surface area contributed by atoms with E-state index < -0.39 is 7.60 Å². The molecule has 2 aliphatic heterocycles. The van der Waals surface area contributed by atoms with Gasteiger partial charge >= 0.3 is 7.60 Å². The van der Waals surface area contributed by atoms with E-state index in [1.807, 2.05) is 13.8 Å². The average Bonchev–Trinajstić information content (AvgIpc) is 4.08. The molecule has 0 fully saturated rings. The fourth-order valence-electron chi connectivity index (χ4n) is 8.10. The normalized spacial score (nSPS) is 12.5. The van der Waals surface area contributed by atoms with Crippen molar-refractivity contribution in [3.05, 3.63) is 167 Å². The first-order valence-electron chi connectivity index (χ1n) is 20.5. The van der Waals surface area contributed by atoms with Gasteiger partial charge in [-0.05, 0) is 106 Å².